The van der Waals surface area contributed by atoms with Crippen LogP contribution in [0.5, 0.6) is 0 Å². The molecule has 1 aromatic carbocycles. The van der Waals surface area contributed by atoms with E-state index in [9.17, 15) is 13.2 Å². The van der Waals surface area contributed by atoms with Crippen molar-refractivity contribution in [2.75, 3.05) is 31.5 Å². The van der Waals surface area contributed by atoms with E-state index < -0.39 is 10.0 Å². The Morgan fingerprint density at radius 2 is 2.00 bits per heavy atom. The third-order valence-corrected chi connectivity index (χ3v) is 5.71. The molecule has 0 radical (unpaired) electrons. The maximum Gasteiger partial charge on any atom is 0.240 e. The van der Waals surface area contributed by atoms with Crippen LogP contribution in [-0.4, -0.2) is 45.4 Å². The van der Waals surface area contributed by atoms with Crippen molar-refractivity contribution in [2.45, 2.75) is 38.0 Å². The summed E-state index contributed by atoms with van der Waals surface area (Å²) in [6.45, 7) is 7.21. The van der Waals surface area contributed by atoms with Gasteiger partial charge in [-0.1, -0.05) is 13.8 Å². The van der Waals surface area contributed by atoms with Gasteiger partial charge in [0.2, 0.25) is 15.9 Å². The Labute approximate surface area is 144 Å². The summed E-state index contributed by atoms with van der Waals surface area (Å²) in [5.41, 5.74) is 0.600. The number of sulfonamides is 1. The molecule has 1 fully saturated rings. The quantitative estimate of drug-likeness (QED) is 0.786. The van der Waals surface area contributed by atoms with Crippen LogP contribution in [0.1, 0.15) is 33.1 Å². The van der Waals surface area contributed by atoms with Crippen LogP contribution < -0.4 is 10.0 Å². The first-order chi connectivity index (χ1) is 11.4. The van der Waals surface area contributed by atoms with Crippen LogP contribution in [0.3, 0.4) is 0 Å². The molecule has 2 rings (SSSR count). The summed E-state index contributed by atoms with van der Waals surface area (Å²) < 4.78 is 27.3. The highest BCUT2D eigenvalue weighted by molar-refractivity contribution is 7.89. The maximum atomic E-state index is 12.3. The lowest BCUT2D eigenvalue weighted by molar-refractivity contribution is -0.115. The standard InChI is InChI=1S/C17H27N3O3S/c1-3-17(21)19-15-6-8-16(9-7-15)24(22,23)18-10-12-20-11-4-5-14(2)13-20/h6-9,14,18H,3-5,10-13H2,1-2H3,(H,19,21)/t14-/m1/s1. The maximum absolute atomic E-state index is 12.3. The first-order valence-corrected chi connectivity index (χ1v) is 10.0. The van der Waals surface area contributed by atoms with Crippen LogP contribution in [0, 0.1) is 5.92 Å². The van der Waals surface area contributed by atoms with Crippen molar-refractivity contribution in [3.8, 4) is 0 Å². The fourth-order valence-electron chi connectivity index (χ4n) is 2.88. The molecular formula is C17H27N3O3S. The molecule has 7 heteroatoms. The van der Waals surface area contributed by atoms with Gasteiger partial charge in [-0.2, -0.15) is 0 Å². The molecule has 0 aromatic heterocycles. The predicted molar refractivity (Wildman–Crippen MR) is 95.4 cm³/mol. The van der Waals surface area contributed by atoms with E-state index in [-0.39, 0.29) is 10.8 Å². The van der Waals surface area contributed by atoms with Gasteiger partial charge in [-0.05, 0) is 49.6 Å². The fourth-order valence-corrected chi connectivity index (χ4v) is 3.90. The van der Waals surface area contributed by atoms with E-state index in [2.05, 4.69) is 21.9 Å². The minimum absolute atomic E-state index is 0.0977. The van der Waals surface area contributed by atoms with Crippen LogP contribution in [-0.2, 0) is 14.8 Å². The molecule has 0 saturated carbocycles. The SMILES string of the molecule is CCC(=O)Nc1ccc(S(=O)(=O)NCCN2CCC[C@@H](C)C2)cc1. The van der Waals surface area contributed by atoms with Crippen LogP contribution in [0.15, 0.2) is 29.2 Å². The Bertz CT molecular complexity index is 644. The summed E-state index contributed by atoms with van der Waals surface area (Å²) in [5, 5.41) is 2.70. The third-order valence-electron chi connectivity index (χ3n) is 4.23. The number of nitrogens with zero attached hydrogens (tertiary/aromatic N) is 1. The average Bonchev–Trinajstić information content (AvgIpc) is 2.55. The lowest BCUT2D eigenvalue weighted by atomic mass is 10.0. The largest absolute Gasteiger partial charge is 0.326 e. The lowest BCUT2D eigenvalue weighted by Gasteiger charge is -2.30. The lowest BCUT2D eigenvalue weighted by Crippen LogP contribution is -2.40. The molecule has 2 N–H and O–H groups in total. The van der Waals surface area contributed by atoms with E-state index in [4.69, 9.17) is 0 Å². The first-order valence-electron chi connectivity index (χ1n) is 8.52. The number of nitrogens with one attached hydrogen (secondary N) is 2. The van der Waals surface area contributed by atoms with Crippen LogP contribution in [0.2, 0.25) is 0 Å². The van der Waals surface area contributed by atoms with Gasteiger partial charge in [0.05, 0.1) is 4.90 Å². The Hall–Kier alpha value is -1.44. The zero-order chi connectivity index (χ0) is 17.6. The molecule has 0 spiro atoms. The van der Waals surface area contributed by atoms with Crippen molar-refractivity contribution in [3.63, 3.8) is 0 Å². The van der Waals surface area contributed by atoms with Crippen molar-refractivity contribution in [1.29, 1.82) is 0 Å². The van der Waals surface area contributed by atoms with E-state index in [0.29, 0.717) is 24.6 Å². The van der Waals surface area contributed by atoms with E-state index in [0.717, 1.165) is 19.6 Å². The molecule has 1 aromatic rings. The Morgan fingerprint density at radius 1 is 1.29 bits per heavy atom. The first kappa shape index (κ1) is 18.9. The van der Waals surface area contributed by atoms with Gasteiger partial charge in [0.25, 0.3) is 0 Å². The van der Waals surface area contributed by atoms with Crippen molar-refractivity contribution < 1.29 is 13.2 Å². The third kappa shape index (κ3) is 5.58. The molecular weight excluding hydrogens is 326 g/mol. The molecule has 1 heterocycles. The molecule has 134 valence electrons. The molecule has 6 nitrogen and oxygen atoms in total. The topological polar surface area (TPSA) is 78.5 Å². The normalized spacial score (nSPS) is 19.2. The van der Waals surface area contributed by atoms with Crippen molar-refractivity contribution in [1.82, 2.24) is 9.62 Å². The number of anilines is 1. The monoisotopic (exact) mass is 353 g/mol. The van der Waals surface area contributed by atoms with Gasteiger partial charge in [0.1, 0.15) is 0 Å². The van der Waals surface area contributed by atoms with E-state index in [1.807, 2.05) is 0 Å². The van der Waals surface area contributed by atoms with Gasteiger partial charge >= 0.3 is 0 Å². The van der Waals surface area contributed by atoms with E-state index in [1.165, 1.54) is 25.0 Å². The predicted octanol–water partition coefficient (Wildman–Crippen LogP) is 2.05. The van der Waals surface area contributed by atoms with Crippen LogP contribution >= 0.6 is 0 Å². The summed E-state index contributed by atoms with van der Waals surface area (Å²) in [4.78, 5) is 13.8. The average molecular weight is 353 g/mol. The summed E-state index contributed by atoms with van der Waals surface area (Å²) in [7, 11) is -3.51. The number of rotatable bonds is 7. The van der Waals surface area contributed by atoms with Crippen molar-refractivity contribution >= 4 is 21.6 Å². The highest BCUT2D eigenvalue weighted by Crippen LogP contribution is 2.16. The summed E-state index contributed by atoms with van der Waals surface area (Å²) in [5.74, 6) is 0.584. The summed E-state index contributed by atoms with van der Waals surface area (Å²) >= 11 is 0. The van der Waals surface area contributed by atoms with Crippen LogP contribution in [0.4, 0.5) is 5.69 Å². The Balaban J connectivity index is 1.86. The second-order valence-corrected chi connectivity index (χ2v) is 8.14. The van der Waals surface area contributed by atoms with Gasteiger partial charge in [0, 0.05) is 31.7 Å². The molecule has 0 aliphatic carbocycles. The Kier molecular flexibility index (Phi) is 6.77. The van der Waals surface area contributed by atoms with Gasteiger partial charge in [0.15, 0.2) is 0 Å². The number of piperidine rings is 1. The molecule has 0 unspecified atom stereocenters. The van der Waals surface area contributed by atoms with E-state index >= 15 is 0 Å². The molecule has 1 amide bonds. The smallest absolute Gasteiger partial charge is 0.240 e. The number of hydrogen-bond donors (Lipinski definition) is 2. The number of likely N-dealkylation sites (tertiary alicyclic amines) is 1. The van der Waals surface area contributed by atoms with E-state index in [1.54, 1.807) is 19.1 Å². The molecule has 1 atom stereocenters. The van der Waals surface area contributed by atoms with Crippen molar-refractivity contribution in [3.05, 3.63) is 24.3 Å². The summed E-state index contributed by atoms with van der Waals surface area (Å²) in [6, 6.07) is 6.23. The molecule has 1 aliphatic heterocycles. The minimum Gasteiger partial charge on any atom is -0.326 e. The van der Waals surface area contributed by atoms with Gasteiger partial charge in [-0.25, -0.2) is 13.1 Å². The minimum atomic E-state index is -3.51. The fraction of sp³-hybridized carbons (Fsp3) is 0.588. The number of carbonyl (C=O) groups is 1. The van der Waals surface area contributed by atoms with Gasteiger partial charge < -0.3 is 10.2 Å². The Morgan fingerprint density at radius 3 is 2.62 bits per heavy atom. The number of hydrogen-bond acceptors (Lipinski definition) is 4. The van der Waals surface area contributed by atoms with Crippen molar-refractivity contribution in [2.24, 2.45) is 5.92 Å². The zero-order valence-corrected chi connectivity index (χ0v) is 15.2. The molecule has 24 heavy (non-hydrogen) atoms. The van der Waals surface area contributed by atoms with Gasteiger partial charge in [-0.15, -0.1) is 0 Å². The highest BCUT2D eigenvalue weighted by atomic mass is 32.2. The summed E-state index contributed by atoms with van der Waals surface area (Å²) in [6.07, 6.45) is 2.82. The van der Waals surface area contributed by atoms with Crippen LogP contribution in [0.25, 0.3) is 0 Å². The second-order valence-electron chi connectivity index (χ2n) is 6.37. The molecule has 1 aliphatic rings. The highest BCUT2D eigenvalue weighted by Gasteiger charge is 2.18. The number of benzene rings is 1. The van der Waals surface area contributed by atoms with Gasteiger partial charge in [-0.3, -0.25) is 4.79 Å². The number of carbonyl (C=O) groups excluding carboxylic acids is 1. The number of amides is 1. The second kappa shape index (κ2) is 8.60. The zero-order valence-electron chi connectivity index (χ0n) is 14.4. The molecule has 1 saturated heterocycles. The molecule has 0 bridgehead atoms.